The van der Waals surface area contributed by atoms with Crippen LogP contribution in [0.1, 0.15) is 21.4 Å². The third-order valence-corrected chi connectivity index (χ3v) is 5.33. The van der Waals surface area contributed by atoms with E-state index >= 15 is 0 Å². The first-order valence-electron chi connectivity index (χ1n) is 7.64. The van der Waals surface area contributed by atoms with Crippen molar-refractivity contribution in [1.82, 2.24) is 25.4 Å². The van der Waals surface area contributed by atoms with Crippen LogP contribution in [0.4, 0.5) is 0 Å². The number of aliphatic imine (C=N–C) groups is 1. The topological polar surface area (TPSA) is 67.1 Å². The van der Waals surface area contributed by atoms with Crippen LogP contribution in [0.25, 0.3) is 0 Å². The van der Waals surface area contributed by atoms with E-state index in [0.717, 1.165) is 30.7 Å². The molecule has 3 heterocycles. The predicted molar refractivity (Wildman–Crippen MR) is 99.2 cm³/mol. The van der Waals surface area contributed by atoms with Gasteiger partial charge in [0.15, 0.2) is 11.8 Å². The molecule has 126 valence electrons. The number of aryl methyl sites for hydroxylation is 1. The molecule has 0 aromatic carbocycles. The SMILES string of the molecule is Cc1nnc(CN=C(NCc2cccs2)NCc2cccs2)n1C. The number of aromatic nitrogens is 3. The van der Waals surface area contributed by atoms with Gasteiger partial charge in [-0.25, -0.2) is 4.99 Å². The van der Waals surface area contributed by atoms with Crippen molar-refractivity contribution in [2.24, 2.45) is 12.0 Å². The Labute approximate surface area is 149 Å². The molecule has 0 bridgehead atoms. The van der Waals surface area contributed by atoms with Gasteiger partial charge in [-0.05, 0) is 29.8 Å². The summed E-state index contributed by atoms with van der Waals surface area (Å²) in [7, 11) is 1.96. The average Bonchev–Trinajstić information content (AvgIpc) is 3.33. The predicted octanol–water partition coefficient (Wildman–Crippen LogP) is 2.68. The standard InChI is InChI=1S/C16H20N6S2/c1-12-20-21-15(22(12)2)11-19-16(17-9-13-5-3-7-23-13)18-10-14-6-4-8-24-14/h3-8H,9-11H2,1-2H3,(H2,17,18,19). The van der Waals surface area contributed by atoms with E-state index in [9.17, 15) is 0 Å². The zero-order valence-corrected chi connectivity index (χ0v) is 15.3. The maximum absolute atomic E-state index is 4.65. The van der Waals surface area contributed by atoms with Crippen molar-refractivity contribution in [3.05, 3.63) is 56.4 Å². The molecule has 0 atom stereocenters. The summed E-state index contributed by atoms with van der Waals surface area (Å²) in [6.07, 6.45) is 0. The van der Waals surface area contributed by atoms with Crippen LogP contribution in [0.3, 0.4) is 0 Å². The molecule has 3 aromatic rings. The third-order valence-electron chi connectivity index (χ3n) is 3.58. The monoisotopic (exact) mass is 360 g/mol. The largest absolute Gasteiger partial charge is 0.351 e. The van der Waals surface area contributed by atoms with Gasteiger partial charge < -0.3 is 15.2 Å². The van der Waals surface area contributed by atoms with Crippen LogP contribution in [-0.4, -0.2) is 20.7 Å². The van der Waals surface area contributed by atoms with Gasteiger partial charge in [0, 0.05) is 16.8 Å². The molecule has 0 aliphatic rings. The van der Waals surface area contributed by atoms with Gasteiger partial charge >= 0.3 is 0 Å². The highest BCUT2D eigenvalue weighted by atomic mass is 32.1. The molecule has 0 radical (unpaired) electrons. The van der Waals surface area contributed by atoms with Gasteiger partial charge in [-0.15, -0.1) is 32.9 Å². The van der Waals surface area contributed by atoms with Crippen LogP contribution in [0.15, 0.2) is 40.0 Å². The zero-order valence-electron chi connectivity index (χ0n) is 13.7. The lowest BCUT2D eigenvalue weighted by atomic mass is 10.4. The molecular weight excluding hydrogens is 340 g/mol. The van der Waals surface area contributed by atoms with E-state index in [-0.39, 0.29) is 0 Å². The van der Waals surface area contributed by atoms with Crippen molar-refractivity contribution < 1.29 is 0 Å². The minimum absolute atomic E-state index is 0.488. The number of thiophene rings is 2. The number of nitrogens with one attached hydrogen (secondary N) is 2. The van der Waals surface area contributed by atoms with Crippen molar-refractivity contribution in [3.63, 3.8) is 0 Å². The summed E-state index contributed by atoms with van der Waals surface area (Å²) >= 11 is 3.46. The Balaban J connectivity index is 1.65. The molecule has 6 nitrogen and oxygen atoms in total. The summed E-state index contributed by atoms with van der Waals surface area (Å²) < 4.78 is 1.96. The Morgan fingerprint density at radius 1 is 1.08 bits per heavy atom. The first-order chi connectivity index (χ1) is 11.7. The van der Waals surface area contributed by atoms with Crippen LogP contribution in [0.2, 0.25) is 0 Å². The summed E-state index contributed by atoms with van der Waals surface area (Å²) in [6, 6.07) is 8.33. The third kappa shape index (κ3) is 4.42. The molecule has 0 amide bonds. The number of nitrogens with zero attached hydrogens (tertiary/aromatic N) is 4. The van der Waals surface area contributed by atoms with E-state index < -0.39 is 0 Å². The Kier molecular flexibility index (Phi) is 5.60. The van der Waals surface area contributed by atoms with Gasteiger partial charge in [0.25, 0.3) is 0 Å². The number of hydrogen-bond donors (Lipinski definition) is 2. The van der Waals surface area contributed by atoms with Gasteiger partial charge in [0.2, 0.25) is 0 Å². The van der Waals surface area contributed by atoms with Crippen molar-refractivity contribution in [1.29, 1.82) is 0 Å². The maximum Gasteiger partial charge on any atom is 0.192 e. The van der Waals surface area contributed by atoms with E-state index in [2.05, 4.69) is 60.8 Å². The Hall–Kier alpha value is -2.19. The molecule has 0 spiro atoms. The average molecular weight is 361 g/mol. The molecule has 0 aliphatic heterocycles. The van der Waals surface area contributed by atoms with Crippen LogP contribution >= 0.6 is 22.7 Å². The molecular formula is C16H20N6S2. The normalized spacial score (nSPS) is 10.6. The van der Waals surface area contributed by atoms with Crippen LogP contribution in [0, 0.1) is 6.92 Å². The van der Waals surface area contributed by atoms with E-state index in [4.69, 9.17) is 0 Å². The van der Waals surface area contributed by atoms with Gasteiger partial charge in [0.1, 0.15) is 12.4 Å². The summed E-state index contributed by atoms with van der Waals surface area (Å²) in [4.78, 5) is 7.19. The van der Waals surface area contributed by atoms with E-state index in [1.165, 1.54) is 9.75 Å². The molecule has 3 rings (SSSR count). The second-order valence-electron chi connectivity index (χ2n) is 5.25. The molecule has 0 aliphatic carbocycles. The molecule has 8 heteroatoms. The second kappa shape index (κ2) is 8.07. The highest BCUT2D eigenvalue weighted by Gasteiger charge is 2.06. The van der Waals surface area contributed by atoms with Crippen LogP contribution in [0.5, 0.6) is 0 Å². The number of guanidine groups is 1. The van der Waals surface area contributed by atoms with Crippen LogP contribution in [-0.2, 0) is 26.7 Å². The molecule has 3 aromatic heterocycles. The van der Waals surface area contributed by atoms with E-state index in [1.807, 2.05) is 18.5 Å². The second-order valence-corrected chi connectivity index (χ2v) is 7.32. The van der Waals surface area contributed by atoms with Gasteiger partial charge in [-0.2, -0.15) is 0 Å². The van der Waals surface area contributed by atoms with Crippen molar-refractivity contribution in [2.75, 3.05) is 0 Å². The summed E-state index contributed by atoms with van der Waals surface area (Å²) in [5.41, 5.74) is 0. The lowest BCUT2D eigenvalue weighted by Gasteiger charge is -2.11. The zero-order chi connectivity index (χ0) is 16.8. The molecule has 0 fully saturated rings. The van der Waals surface area contributed by atoms with Crippen molar-refractivity contribution in [2.45, 2.75) is 26.6 Å². The Morgan fingerprint density at radius 3 is 2.17 bits per heavy atom. The van der Waals surface area contributed by atoms with Crippen molar-refractivity contribution in [3.8, 4) is 0 Å². The fraction of sp³-hybridized carbons (Fsp3) is 0.312. The fourth-order valence-corrected chi connectivity index (χ4v) is 3.37. The Morgan fingerprint density at radius 2 is 1.71 bits per heavy atom. The maximum atomic E-state index is 4.65. The van der Waals surface area contributed by atoms with Gasteiger partial charge in [-0.1, -0.05) is 12.1 Å². The smallest absolute Gasteiger partial charge is 0.192 e. The summed E-state index contributed by atoms with van der Waals surface area (Å²) in [5, 5.41) is 19.1. The van der Waals surface area contributed by atoms with Crippen LogP contribution < -0.4 is 10.6 Å². The highest BCUT2D eigenvalue weighted by Crippen LogP contribution is 2.09. The molecule has 24 heavy (non-hydrogen) atoms. The molecule has 0 saturated carbocycles. The fourth-order valence-electron chi connectivity index (χ4n) is 2.08. The summed E-state index contributed by atoms with van der Waals surface area (Å²) in [5.74, 6) is 2.51. The first-order valence-corrected chi connectivity index (χ1v) is 9.40. The molecule has 2 N–H and O–H groups in total. The number of hydrogen-bond acceptors (Lipinski definition) is 5. The summed E-state index contributed by atoms with van der Waals surface area (Å²) in [6.45, 7) is 3.93. The van der Waals surface area contributed by atoms with E-state index in [0.29, 0.717) is 6.54 Å². The van der Waals surface area contributed by atoms with E-state index in [1.54, 1.807) is 22.7 Å². The molecule has 0 saturated heterocycles. The lowest BCUT2D eigenvalue weighted by molar-refractivity contribution is 0.754. The Bertz CT molecular complexity index is 733. The van der Waals surface area contributed by atoms with Crippen molar-refractivity contribution >= 4 is 28.6 Å². The van der Waals surface area contributed by atoms with Gasteiger partial charge in [-0.3, -0.25) is 0 Å². The number of rotatable bonds is 6. The quantitative estimate of drug-likeness (QED) is 0.524. The lowest BCUT2D eigenvalue weighted by Crippen LogP contribution is -2.36. The minimum Gasteiger partial charge on any atom is -0.351 e. The first kappa shape index (κ1) is 16.7. The minimum atomic E-state index is 0.488. The molecule has 0 unspecified atom stereocenters. The highest BCUT2D eigenvalue weighted by molar-refractivity contribution is 7.10. The van der Waals surface area contributed by atoms with Gasteiger partial charge in [0.05, 0.1) is 13.1 Å².